The molecule has 0 unspecified atom stereocenters. The maximum Gasteiger partial charge on any atom is 0.222 e. The van der Waals surface area contributed by atoms with Crippen LogP contribution in [-0.4, -0.2) is 33.9 Å². The third-order valence-corrected chi connectivity index (χ3v) is 7.14. The highest BCUT2D eigenvalue weighted by molar-refractivity contribution is 7.18. The number of carbonyl (C=O) groups is 1. The Hall–Kier alpha value is -2.66. The molecule has 0 bridgehead atoms. The molecule has 1 aliphatic heterocycles. The third-order valence-electron chi connectivity index (χ3n) is 5.95. The second-order valence-corrected chi connectivity index (χ2v) is 8.97. The van der Waals surface area contributed by atoms with E-state index >= 15 is 0 Å². The van der Waals surface area contributed by atoms with Crippen molar-refractivity contribution in [1.82, 2.24) is 14.9 Å². The number of H-pyrrole nitrogens is 1. The fraction of sp³-hybridized carbons (Fsp3) is 0.333. The van der Waals surface area contributed by atoms with Crippen LogP contribution in [0.4, 0.5) is 0 Å². The van der Waals surface area contributed by atoms with Crippen LogP contribution in [0, 0.1) is 0 Å². The number of aromatic nitrogens is 2. The fourth-order valence-electron chi connectivity index (χ4n) is 4.40. The molecule has 5 heteroatoms. The Morgan fingerprint density at radius 3 is 2.97 bits per heavy atom. The van der Waals surface area contributed by atoms with Crippen molar-refractivity contribution in [3.63, 3.8) is 0 Å². The van der Waals surface area contributed by atoms with Crippen molar-refractivity contribution in [3.05, 3.63) is 65.3 Å². The number of aryl methyl sites for hydroxylation is 1. The topological polar surface area (TPSA) is 49.0 Å². The van der Waals surface area contributed by atoms with Crippen molar-refractivity contribution in [3.8, 4) is 0 Å². The zero-order chi connectivity index (χ0) is 19.6. The van der Waals surface area contributed by atoms with Gasteiger partial charge in [-0.15, -0.1) is 11.3 Å². The van der Waals surface area contributed by atoms with E-state index in [0.29, 0.717) is 12.3 Å². The molecule has 4 aromatic rings. The molecule has 0 saturated carbocycles. The minimum Gasteiger partial charge on any atom is -0.361 e. The second kappa shape index (κ2) is 7.99. The maximum absolute atomic E-state index is 12.8. The van der Waals surface area contributed by atoms with Gasteiger partial charge in [0.15, 0.2) is 0 Å². The van der Waals surface area contributed by atoms with E-state index in [1.54, 1.807) is 11.3 Å². The summed E-state index contributed by atoms with van der Waals surface area (Å²) in [6.45, 7) is 1.69. The molecule has 0 aliphatic carbocycles. The van der Waals surface area contributed by atoms with Crippen LogP contribution in [0.25, 0.3) is 21.1 Å². The van der Waals surface area contributed by atoms with Gasteiger partial charge >= 0.3 is 0 Å². The Kier molecular flexibility index (Phi) is 5.06. The van der Waals surface area contributed by atoms with Crippen LogP contribution in [0.15, 0.2) is 54.7 Å². The van der Waals surface area contributed by atoms with Crippen LogP contribution in [0.1, 0.15) is 42.2 Å². The van der Waals surface area contributed by atoms with Crippen LogP contribution in [-0.2, 0) is 11.2 Å². The van der Waals surface area contributed by atoms with Gasteiger partial charge in [0.25, 0.3) is 0 Å². The first-order valence-corrected chi connectivity index (χ1v) is 11.3. The van der Waals surface area contributed by atoms with Crippen molar-refractivity contribution in [2.45, 2.75) is 38.0 Å². The SMILES string of the molecule is O=C(CCCc1c[nH]c2ccccc12)N1CCC[C@H](c2nc3ccccc3s2)C1. The lowest BCUT2D eigenvalue weighted by Crippen LogP contribution is -2.39. The molecule has 1 fully saturated rings. The van der Waals surface area contributed by atoms with Gasteiger partial charge in [0, 0.05) is 42.5 Å². The second-order valence-electron chi connectivity index (χ2n) is 7.91. The molecule has 3 heterocycles. The van der Waals surface area contributed by atoms with Crippen molar-refractivity contribution in [1.29, 1.82) is 0 Å². The number of amides is 1. The number of aromatic amines is 1. The van der Waals surface area contributed by atoms with E-state index < -0.39 is 0 Å². The largest absolute Gasteiger partial charge is 0.361 e. The van der Waals surface area contributed by atoms with Crippen LogP contribution in [0.2, 0.25) is 0 Å². The molecular formula is C24H25N3OS. The molecule has 2 aromatic carbocycles. The zero-order valence-corrected chi connectivity index (χ0v) is 17.3. The van der Waals surface area contributed by atoms with Gasteiger partial charge < -0.3 is 9.88 Å². The van der Waals surface area contributed by atoms with E-state index in [2.05, 4.69) is 52.5 Å². The van der Waals surface area contributed by atoms with Gasteiger partial charge in [-0.2, -0.15) is 0 Å². The number of rotatable bonds is 5. The average molecular weight is 404 g/mol. The van der Waals surface area contributed by atoms with Crippen molar-refractivity contribution in [2.75, 3.05) is 13.1 Å². The van der Waals surface area contributed by atoms with Gasteiger partial charge in [0.2, 0.25) is 5.91 Å². The summed E-state index contributed by atoms with van der Waals surface area (Å²) in [5.74, 6) is 0.661. The average Bonchev–Trinajstić information content (AvgIpc) is 3.38. The van der Waals surface area contributed by atoms with Gasteiger partial charge in [0.1, 0.15) is 0 Å². The molecule has 29 heavy (non-hydrogen) atoms. The lowest BCUT2D eigenvalue weighted by Gasteiger charge is -2.32. The quantitative estimate of drug-likeness (QED) is 0.478. The number of fused-ring (bicyclic) bond motifs is 2. The Morgan fingerprint density at radius 2 is 2.03 bits per heavy atom. The van der Waals surface area contributed by atoms with Crippen molar-refractivity contribution >= 4 is 38.4 Å². The summed E-state index contributed by atoms with van der Waals surface area (Å²) in [4.78, 5) is 23.1. The van der Waals surface area contributed by atoms with Crippen LogP contribution >= 0.6 is 11.3 Å². The minimum atomic E-state index is 0.288. The lowest BCUT2D eigenvalue weighted by atomic mass is 9.98. The molecule has 4 nitrogen and oxygen atoms in total. The van der Waals surface area contributed by atoms with Gasteiger partial charge in [0.05, 0.1) is 15.2 Å². The number of para-hydroxylation sites is 2. The molecule has 0 spiro atoms. The molecular weight excluding hydrogens is 378 g/mol. The summed E-state index contributed by atoms with van der Waals surface area (Å²) >= 11 is 1.78. The summed E-state index contributed by atoms with van der Waals surface area (Å²) in [5, 5.41) is 2.45. The highest BCUT2D eigenvalue weighted by Crippen LogP contribution is 2.33. The molecule has 1 N–H and O–H groups in total. The van der Waals surface area contributed by atoms with Crippen LogP contribution in [0.5, 0.6) is 0 Å². The van der Waals surface area contributed by atoms with E-state index in [9.17, 15) is 4.79 Å². The Labute approximate surface area is 174 Å². The fourth-order valence-corrected chi connectivity index (χ4v) is 5.49. The van der Waals surface area contributed by atoms with Gasteiger partial charge in [-0.25, -0.2) is 4.98 Å². The Morgan fingerprint density at radius 1 is 1.17 bits per heavy atom. The van der Waals surface area contributed by atoms with Crippen LogP contribution < -0.4 is 0 Å². The van der Waals surface area contributed by atoms with Gasteiger partial charge in [-0.3, -0.25) is 4.79 Å². The van der Waals surface area contributed by atoms with Gasteiger partial charge in [-0.05, 0) is 49.4 Å². The predicted octanol–water partition coefficient (Wildman–Crippen LogP) is 5.51. The van der Waals surface area contributed by atoms with E-state index in [1.807, 2.05) is 12.1 Å². The molecule has 2 aromatic heterocycles. The van der Waals surface area contributed by atoms with Crippen LogP contribution in [0.3, 0.4) is 0 Å². The number of thiazole rings is 1. The van der Waals surface area contributed by atoms with E-state index in [0.717, 1.165) is 44.3 Å². The highest BCUT2D eigenvalue weighted by atomic mass is 32.1. The smallest absolute Gasteiger partial charge is 0.222 e. The summed E-state index contributed by atoms with van der Waals surface area (Å²) in [6.07, 6.45) is 6.72. The number of piperidine rings is 1. The van der Waals surface area contributed by atoms with E-state index in [-0.39, 0.29) is 5.91 Å². The summed E-state index contributed by atoms with van der Waals surface area (Å²) < 4.78 is 1.24. The standard InChI is InChI=1S/C24H25N3OS/c28-23(13-5-7-17-15-25-20-10-2-1-9-19(17)20)27-14-6-8-18(16-27)24-26-21-11-3-4-12-22(21)29-24/h1-4,9-12,15,18,25H,5-8,13-14,16H2/t18-/m0/s1. The van der Waals surface area contributed by atoms with E-state index in [1.165, 1.54) is 26.2 Å². The first-order chi connectivity index (χ1) is 14.3. The predicted molar refractivity (Wildman–Crippen MR) is 119 cm³/mol. The third kappa shape index (κ3) is 3.79. The number of nitrogens with zero attached hydrogens (tertiary/aromatic N) is 2. The first-order valence-electron chi connectivity index (χ1n) is 10.5. The molecule has 1 saturated heterocycles. The number of benzene rings is 2. The molecule has 5 rings (SSSR count). The van der Waals surface area contributed by atoms with Gasteiger partial charge in [-0.1, -0.05) is 30.3 Å². The molecule has 0 radical (unpaired) electrons. The molecule has 148 valence electrons. The maximum atomic E-state index is 12.8. The monoisotopic (exact) mass is 403 g/mol. The number of hydrogen-bond donors (Lipinski definition) is 1. The first kappa shape index (κ1) is 18.4. The summed E-state index contributed by atoms with van der Waals surface area (Å²) in [6, 6.07) is 16.7. The molecule has 1 amide bonds. The number of nitrogens with one attached hydrogen (secondary N) is 1. The number of hydrogen-bond acceptors (Lipinski definition) is 3. The highest BCUT2D eigenvalue weighted by Gasteiger charge is 2.26. The van der Waals surface area contributed by atoms with Crippen molar-refractivity contribution in [2.24, 2.45) is 0 Å². The molecule has 1 atom stereocenters. The zero-order valence-electron chi connectivity index (χ0n) is 16.4. The Balaban J connectivity index is 1.19. The summed E-state index contributed by atoms with van der Waals surface area (Å²) in [5.41, 5.74) is 3.55. The lowest BCUT2D eigenvalue weighted by molar-refractivity contribution is -0.132. The molecule has 1 aliphatic rings. The summed E-state index contributed by atoms with van der Waals surface area (Å²) in [7, 11) is 0. The number of likely N-dealkylation sites (tertiary alicyclic amines) is 1. The van der Waals surface area contributed by atoms with Crippen molar-refractivity contribution < 1.29 is 4.79 Å². The Bertz CT molecular complexity index is 1110. The van der Waals surface area contributed by atoms with E-state index in [4.69, 9.17) is 4.98 Å². The minimum absolute atomic E-state index is 0.288. The number of carbonyl (C=O) groups excluding carboxylic acids is 1. The normalized spacial score (nSPS) is 17.2.